The molecule has 1 heterocycles. The van der Waals surface area contributed by atoms with E-state index in [0.29, 0.717) is 13.2 Å². The minimum absolute atomic E-state index is 0.0859. The van der Waals surface area contributed by atoms with Crippen LogP contribution >= 0.6 is 0 Å². The first-order valence-corrected chi connectivity index (χ1v) is 8.05. The minimum atomic E-state index is -1.01. The zero-order chi connectivity index (χ0) is 17.6. The van der Waals surface area contributed by atoms with Gasteiger partial charge in [-0.1, -0.05) is 0 Å². The Hall–Kier alpha value is -1.73. The first-order chi connectivity index (χ1) is 11.5. The van der Waals surface area contributed by atoms with Gasteiger partial charge in [-0.3, -0.25) is 4.79 Å². The van der Waals surface area contributed by atoms with E-state index in [1.54, 1.807) is 14.0 Å². The van der Waals surface area contributed by atoms with Crippen LogP contribution in [-0.4, -0.2) is 45.4 Å². The maximum Gasteiger partial charge on any atom is 0.260 e. The zero-order valence-electron chi connectivity index (χ0n) is 14.0. The second-order valence-electron chi connectivity index (χ2n) is 6.24. The Balaban J connectivity index is 1.89. The summed E-state index contributed by atoms with van der Waals surface area (Å²) in [6, 6.07) is 3.19. The van der Waals surface area contributed by atoms with Gasteiger partial charge in [0.05, 0.1) is 6.61 Å². The molecule has 0 bridgehead atoms. The van der Waals surface area contributed by atoms with E-state index in [9.17, 15) is 13.6 Å². The Labute approximate surface area is 140 Å². The molecule has 1 amide bonds. The lowest BCUT2D eigenvalue weighted by Gasteiger charge is -2.37. The number of hydrogen-bond donors (Lipinski definition) is 2. The number of rotatable bonds is 7. The average molecular weight is 342 g/mol. The van der Waals surface area contributed by atoms with E-state index >= 15 is 0 Å². The molecule has 7 heteroatoms. The van der Waals surface area contributed by atoms with E-state index in [1.807, 2.05) is 0 Å². The van der Waals surface area contributed by atoms with Gasteiger partial charge in [-0.05, 0) is 45.0 Å². The smallest absolute Gasteiger partial charge is 0.260 e. The number of ether oxygens (including phenoxy) is 2. The minimum Gasteiger partial charge on any atom is -0.481 e. The fraction of sp³-hybridized carbons (Fsp3) is 0.588. The normalized spacial score (nSPS) is 18.0. The van der Waals surface area contributed by atoms with Crippen LogP contribution in [0.4, 0.5) is 8.78 Å². The number of piperidine rings is 1. The van der Waals surface area contributed by atoms with Crippen molar-refractivity contribution < 1.29 is 23.0 Å². The summed E-state index contributed by atoms with van der Waals surface area (Å²) in [6.07, 6.45) is 1.02. The highest BCUT2D eigenvalue weighted by Gasteiger charge is 2.33. The molecule has 0 aliphatic carbocycles. The molecular weight excluding hydrogens is 318 g/mol. The fourth-order valence-electron chi connectivity index (χ4n) is 2.86. The predicted octanol–water partition coefficient (Wildman–Crippen LogP) is 1.86. The Kier molecular flexibility index (Phi) is 6.51. The molecule has 0 saturated carbocycles. The van der Waals surface area contributed by atoms with Gasteiger partial charge in [0.1, 0.15) is 5.75 Å². The summed E-state index contributed by atoms with van der Waals surface area (Å²) in [6.45, 7) is 4.42. The van der Waals surface area contributed by atoms with Crippen LogP contribution in [0, 0.1) is 17.0 Å². The molecule has 134 valence electrons. The lowest BCUT2D eigenvalue weighted by molar-refractivity contribution is -0.128. The van der Waals surface area contributed by atoms with Gasteiger partial charge in [0.25, 0.3) is 5.91 Å². The Morgan fingerprint density at radius 1 is 1.33 bits per heavy atom. The maximum absolute atomic E-state index is 13.2. The molecule has 0 spiro atoms. The van der Waals surface area contributed by atoms with E-state index in [4.69, 9.17) is 9.47 Å². The number of benzene rings is 1. The van der Waals surface area contributed by atoms with Crippen LogP contribution < -0.4 is 15.4 Å². The Bertz CT molecular complexity index is 557. The van der Waals surface area contributed by atoms with Crippen LogP contribution in [0.2, 0.25) is 0 Å². The van der Waals surface area contributed by atoms with Gasteiger partial charge in [0, 0.05) is 25.1 Å². The number of nitrogens with one attached hydrogen (secondary N) is 2. The molecule has 0 aromatic heterocycles. The summed E-state index contributed by atoms with van der Waals surface area (Å²) < 4.78 is 36.8. The standard InChI is InChI=1S/C17H24F2N2O3/c1-12(24-13-3-4-14(18)15(19)9-13)16(22)21-10-17(11-23-2)5-7-20-8-6-17/h3-4,9,12,20H,5-8,10-11H2,1-2H3,(H,21,22). The van der Waals surface area contributed by atoms with Crippen molar-refractivity contribution in [3.63, 3.8) is 0 Å². The summed E-state index contributed by atoms with van der Waals surface area (Å²) in [5.41, 5.74) is -0.0859. The molecule has 1 aromatic rings. The van der Waals surface area contributed by atoms with Crippen molar-refractivity contribution in [3.8, 4) is 5.75 Å². The van der Waals surface area contributed by atoms with Crippen molar-refractivity contribution in [1.82, 2.24) is 10.6 Å². The van der Waals surface area contributed by atoms with Crippen LogP contribution in [0.15, 0.2) is 18.2 Å². The lowest BCUT2D eigenvalue weighted by atomic mass is 9.79. The van der Waals surface area contributed by atoms with Gasteiger partial charge in [0.15, 0.2) is 17.7 Å². The van der Waals surface area contributed by atoms with E-state index in [1.165, 1.54) is 6.07 Å². The number of amides is 1. The van der Waals surface area contributed by atoms with Gasteiger partial charge >= 0.3 is 0 Å². The second kappa shape index (κ2) is 8.39. The Morgan fingerprint density at radius 2 is 2.04 bits per heavy atom. The van der Waals surface area contributed by atoms with Gasteiger partial charge in [-0.25, -0.2) is 8.78 Å². The van der Waals surface area contributed by atoms with Gasteiger partial charge in [-0.2, -0.15) is 0 Å². The summed E-state index contributed by atoms with van der Waals surface area (Å²) in [4.78, 5) is 12.2. The topological polar surface area (TPSA) is 59.6 Å². The number of halogens is 2. The molecule has 0 radical (unpaired) electrons. The number of hydrogen-bond acceptors (Lipinski definition) is 4. The molecule has 5 nitrogen and oxygen atoms in total. The van der Waals surface area contributed by atoms with Crippen molar-refractivity contribution >= 4 is 5.91 Å². The van der Waals surface area contributed by atoms with Crippen molar-refractivity contribution in [2.24, 2.45) is 5.41 Å². The van der Waals surface area contributed by atoms with E-state index in [2.05, 4.69) is 10.6 Å². The van der Waals surface area contributed by atoms with Gasteiger partial charge in [0.2, 0.25) is 0 Å². The predicted molar refractivity (Wildman–Crippen MR) is 85.9 cm³/mol. The van der Waals surface area contributed by atoms with Crippen LogP contribution in [0.25, 0.3) is 0 Å². The highest BCUT2D eigenvalue weighted by Crippen LogP contribution is 2.28. The average Bonchev–Trinajstić information content (AvgIpc) is 2.57. The van der Waals surface area contributed by atoms with Gasteiger partial charge in [-0.15, -0.1) is 0 Å². The zero-order valence-corrected chi connectivity index (χ0v) is 14.0. The first kappa shape index (κ1) is 18.6. The third kappa shape index (κ3) is 4.88. The SMILES string of the molecule is COCC1(CNC(=O)C(C)Oc2ccc(F)c(F)c2)CCNCC1. The van der Waals surface area contributed by atoms with Crippen molar-refractivity contribution in [3.05, 3.63) is 29.8 Å². The summed E-state index contributed by atoms with van der Waals surface area (Å²) >= 11 is 0. The van der Waals surface area contributed by atoms with E-state index in [-0.39, 0.29) is 17.1 Å². The van der Waals surface area contributed by atoms with E-state index in [0.717, 1.165) is 38.1 Å². The highest BCUT2D eigenvalue weighted by molar-refractivity contribution is 5.80. The number of carbonyl (C=O) groups is 1. The number of carbonyl (C=O) groups excluding carboxylic acids is 1. The Morgan fingerprint density at radius 3 is 2.67 bits per heavy atom. The molecule has 2 N–H and O–H groups in total. The molecule has 2 rings (SSSR count). The summed E-state index contributed by atoms with van der Waals surface area (Å²) in [5.74, 6) is -2.14. The molecule has 1 unspecified atom stereocenters. The highest BCUT2D eigenvalue weighted by atomic mass is 19.2. The first-order valence-electron chi connectivity index (χ1n) is 8.05. The van der Waals surface area contributed by atoms with E-state index < -0.39 is 17.7 Å². The van der Waals surface area contributed by atoms with Crippen molar-refractivity contribution in [2.75, 3.05) is 33.4 Å². The lowest BCUT2D eigenvalue weighted by Crippen LogP contribution is -2.49. The van der Waals surface area contributed by atoms with Crippen LogP contribution in [0.3, 0.4) is 0 Å². The molecule has 1 aliphatic rings. The molecular formula is C17H24F2N2O3. The fourth-order valence-corrected chi connectivity index (χ4v) is 2.86. The molecule has 1 aliphatic heterocycles. The third-order valence-corrected chi connectivity index (χ3v) is 4.33. The van der Waals surface area contributed by atoms with Crippen LogP contribution in [0.5, 0.6) is 5.75 Å². The van der Waals surface area contributed by atoms with Crippen molar-refractivity contribution in [1.29, 1.82) is 0 Å². The summed E-state index contributed by atoms with van der Waals surface area (Å²) in [7, 11) is 1.65. The molecule has 1 aromatic carbocycles. The molecule has 1 fully saturated rings. The van der Waals surface area contributed by atoms with Gasteiger partial charge < -0.3 is 20.1 Å². The molecule has 24 heavy (non-hydrogen) atoms. The van der Waals surface area contributed by atoms with Crippen LogP contribution in [-0.2, 0) is 9.53 Å². The molecule has 1 atom stereocenters. The third-order valence-electron chi connectivity index (χ3n) is 4.33. The van der Waals surface area contributed by atoms with Crippen molar-refractivity contribution in [2.45, 2.75) is 25.9 Å². The largest absolute Gasteiger partial charge is 0.481 e. The quantitative estimate of drug-likeness (QED) is 0.794. The maximum atomic E-state index is 13.2. The monoisotopic (exact) mass is 342 g/mol. The molecule has 1 saturated heterocycles. The van der Waals surface area contributed by atoms with Crippen LogP contribution in [0.1, 0.15) is 19.8 Å². The second-order valence-corrected chi connectivity index (χ2v) is 6.24. The summed E-state index contributed by atoms with van der Waals surface area (Å²) in [5, 5.41) is 6.18. The number of methoxy groups -OCH3 is 1.